The Hall–Kier alpha value is -1.40. The molecule has 0 bridgehead atoms. The average molecular weight is 336 g/mol. The molecule has 1 aliphatic rings. The first-order chi connectivity index (χ1) is 10.7. The van der Waals surface area contributed by atoms with Crippen LogP contribution in [0.2, 0.25) is 0 Å². The van der Waals surface area contributed by atoms with E-state index in [-0.39, 0.29) is 11.7 Å². The lowest BCUT2D eigenvalue weighted by atomic mass is 10.0. The molecule has 1 aromatic carbocycles. The van der Waals surface area contributed by atoms with Gasteiger partial charge in [0.15, 0.2) is 5.13 Å². The molecule has 0 atom stereocenters. The third-order valence-corrected chi connectivity index (χ3v) is 5.59. The monoisotopic (exact) mass is 336 g/mol. The van der Waals surface area contributed by atoms with E-state index in [2.05, 4.69) is 10.3 Å². The van der Waals surface area contributed by atoms with Crippen molar-refractivity contribution < 1.29 is 9.18 Å². The third-order valence-electron chi connectivity index (χ3n) is 3.50. The third kappa shape index (κ3) is 4.08. The zero-order chi connectivity index (χ0) is 15.4. The number of fused-ring (bicyclic) bond motifs is 1. The van der Waals surface area contributed by atoms with Crippen molar-refractivity contribution in [2.75, 3.05) is 11.1 Å². The molecular formula is C16H17FN2OS2. The minimum Gasteiger partial charge on any atom is -0.302 e. The molecule has 1 N–H and O–H groups in total. The average Bonchev–Trinajstić information content (AvgIpc) is 2.91. The Morgan fingerprint density at radius 1 is 1.27 bits per heavy atom. The van der Waals surface area contributed by atoms with Crippen molar-refractivity contribution in [1.82, 2.24) is 4.98 Å². The van der Waals surface area contributed by atoms with Crippen molar-refractivity contribution >= 4 is 34.1 Å². The highest BCUT2D eigenvalue weighted by atomic mass is 32.2. The minimum absolute atomic E-state index is 0.0132. The van der Waals surface area contributed by atoms with Gasteiger partial charge in [-0.1, -0.05) is 0 Å². The van der Waals surface area contributed by atoms with E-state index in [9.17, 15) is 9.18 Å². The Morgan fingerprint density at radius 3 is 2.82 bits per heavy atom. The molecule has 0 spiro atoms. The van der Waals surface area contributed by atoms with E-state index < -0.39 is 0 Å². The van der Waals surface area contributed by atoms with Crippen LogP contribution in [0, 0.1) is 5.82 Å². The van der Waals surface area contributed by atoms with Crippen LogP contribution in [0.5, 0.6) is 0 Å². The molecular weight excluding hydrogens is 319 g/mol. The van der Waals surface area contributed by atoms with Gasteiger partial charge in [-0.3, -0.25) is 4.79 Å². The summed E-state index contributed by atoms with van der Waals surface area (Å²) in [6.45, 7) is 0. The number of thioether (sulfide) groups is 1. The maximum absolute atomic E-state index is 12.8. The number of amides is 1. The summed E-state index contributed by atoms with van der Waals surface area (Å²) in [4.78, 5) is 18.7. The van der Waals surface area contributed by atoms with Crippen LogP contribution in [0.1, 0.15) is 29.8 Å². The van der Waals surface area contributed by atoms with Gasteiger partial charge >= 0.3 is 0 Å². The predicted octanol–water partition coefficient (Wildman–Crippen LogP) is 4.28. The number of aromatic nitrogens is 1. The fourth-order valence-corrected chi connectivity index (χ4v) is 4.30. The number of nitrogens with one attached hydrogen (secondary N) is 1. The highest BCUT2D eigenvalue weighted by Crippen LogP contribution is 2.29. The summed E-state index contributed by atoms with van der Waals surface area (Å²) in [5.41, 5.74) is 1.16. The Balaban J connectivity index is 1.46. The molecule has 1 heterocycles. The van der Waals surface area contributed by atoms with Gasteiger partial charge in [-0.15, -0.1) is 23.1 Å². The molecule has 116 valence electrons. The number of halogens is 1. The maximum atomic E-state index is 12.8. The molecule has 1 amide bonds. The van der Waals surface area contributed by atoms with Crippen LogP contribution < -0.4 is 5.32 Å². The van der Waals surface area contributed by atoms with Crippen LogP contribution in [0.15, 0.2) is 29.2 Å². The largest absolute Gasteiger partial charge is 0.302 e. The van der Waals surface area contributed by atoms with Gasteiger partial charge in [-0.25, -0.2) is 9.37 Å². The van der Waals surface area contributed by atoms with E-state index in [0.717, 1.165) is 28.6 Å². The van der Waals surface area contributed by atoms with Gasteiger partial charge < -0.3 is 5.32 Å². The van der Waals surface area contributed by atoms with Crippen molar-refractivity contribution in [2.45, 2.75) is 37.0 Å². The second-order valence-electron chi connectivity index (χ2n) is 5.20. The summed E-state index contributed by atoms with van der Waals surface area (Å²) < 4.78 is 12.8. The molecule has 1 aliphatic carbocycles. The Kier molecular flexibility index (Phi) is 5.10. The number of nitrogens with zero attached hydrogens (tertiary/aromatic N) is 1. The highest BCUT2D eigenvalue weighted by Gasteiger charge is 2.16. The molecule has 0 unspecified atom stereocenters. The fraction of sp³-hybridized carbons (Fsp3) is 0.375. The Labute approximate surface area is 137 Å². The molecule has 0 radical (unpaired) electrons. The fourth-order valence-electron chi connectivity index (χ4n) is 2.38. The number of rotatable bonds is 5. The van der Waals surface area contributed by atoms with Crippen molar-refractivity contribution in [2.24, 2.45) is 0 Å². The van der Waals surface area contributed by atoms with Crippen LogP contribution in [-0.4, -0.2) is 16.6 Å². The quantitative estimate of drug-likeness (QED) is 0.829. The molecule has 3 rings (SSSR count). The van der Waals surface area contributed by atoms with E-state index in [1.54, 1.807) is 35.2 Å². The summed E-state index contributed by atoms with van der Waals surface area (Å²) in [5, 5.41) is 3.62. The highest BCUT2D eigenvalue weighted by molar-refractivity contribution is 7.99. The molecule has 22 heavy (non-hydrogen) atoms. The number of benzene rings is 1. The summed E-state index contributed by atoms with van der Waals surface area (Å²) in [5.74, 6) is 0.415. The second kappa shape index (κ2) is 7.24. The summed E-state index contributed by atoms with van der Waals surface area (Å²) in [7, 11) is 0. The molecule has 0 saturated carbocycles. The van der Waals surface area contributed by atoms with E-state index in [4.69, 9.17) is 0 Å². The zero-order valence-electron chi connectivity index (χ0n) is 12.1. The SMILES string of the molecule is O=C(CCSc1ccc(F)cc1)Nc1nc2c(s1)CCCC2. The topological polar surface area (TPSA) is 42.0 Å². The van der Waals surface area contributed by atoms with Gasteiger partial charge in [0, 0.05) is 21.9 Å². The van der Waals surface area contributed by atoms with Gasteiger partial charge in [0.1, 0.15) is 5.82 Å². The van der Waals surface area contributed by atoms with Gasteiger partial charge in [0.05, 0.1) is 5.69 Å². The zero-order valence-corrected chi connectivity index (χ0v) is 13.7. The van der Waals surface area contributed by atoms with Crippen molar-refractivity contribution in [1.29, 1.82) is 0 Å². The van der Waals surface area contributed by atoms with E-state index in [0.29, 0.717) is 12.2 Å². The van der Waals surface area contributed by atoms with E-state index >= 15 is 0 Å². The Bertz CT molecular complexity index is 631. The number of carbonyl (C=O) groups excluding carboxylic acids is 1. The lowest BCUT2D eigenvalue weighted by Crippen LogP contribution is -2.12. The summed E-state index contributed by atoms with van der Waals surface area (Å²) >= 11 is 3.15. The first-order valence-electron chi connectivity index (χ1n) is 7.37. The van der Waals surface area contributed by atoms with Gasteiger partial charge in [0.2, 0.25) is 5.91 Å². The second-order valence-corrected chi connectivity index (χ2v) is 7.45. The smallest absolute Gasteiger partial charge is 0.226 e. The van der Waals surface area contributed by atoms with Crippen LogP contribution in [0.25, 0.3) is 0 Å². The summed E-state index contributed by atoms with van der Waals surface area (Å²) in [6.07, 6.45) is 4.95. The first-order valence-corrected chi connectivity index (χ1v) is 9.18. The molecule has 0 saturated heterocycles. The predicted molar refractivity (Wildman–Crippen MR) is 89.1 cm³/mol. The number of thiazole rings is 1. The van der Waals surface area contributed by atoms with Crippen molar-refractivity contribution in [3.05, 3.63) is 40.7 Å². The minimum atomic E-state index is -0.241. The van der Waals surface area contributed by atoms with Gasteiger partial charge in [-0.05, 0) is 49.9 Å². The van der Waals surface area contributed by atoms with Gasteiger partial charge in [-0.2, -0.15) is 0 Å². The number of aryl methyl sites for hydroxylation is 2. The molecule has 0 fully saturated rings. The number of carbonyl (C=O) groups is 1. The number of hydrogen-bond donors (Lipinski definition) is 1. The molecule has 2 aromatic rings. The lowest BCUT2D eigenvalue weighted by Gasteiger charge is -2.06. The van der Waals surface area contributed by atoms with Gasteiger partial charge in [0.25, 0.3) is 0 Å². The van der Waals surface area contributed by atoms with E-state index in [1.807, 2.05) is 0 Å². The maximum Gasteiger partial charge on any atom is 0.226 e. The lowest BCUT2D eigenvalue weighted by molar-refractivity contribution is -0.115. The number of hydrogen-bond acceptors (Lipinski definition) is 4. The Morgan fingerprint density at radius 2 is 2.05 bits per heavy atom. The van der Waals surface area contributed by atoms with Crippen LogP contribution in [0.4, 0.5) is 9.52 Å². The molecule has 3 nitrogen and oxygen atoms in total. The standard InChI is InChI=1S/C16H17FN2OS2/c17-11-5-7-12(8-6-11)21-10-9-15(20)19-16-18-13-3-1-2-4-14(13)22-16/h5-8H,1-4,9-10H2,(H,18,19,20). The van der Waals surface area contributed by atoms with Crippen molar-refractivity contribution in [3.63, 3.8) is 0 Å². The van der Waals surface area contributed by atoms with Crippen molar-refractivity contribution in [3.8, 4) is 0 Å². The molecule has 0 aliphatic heterocycles. The normalized spacial score (nSPS) is 13.7. The first kappa shape index (κ1) is 15.5. The number of anilines is 1. The van der Waals surface area contributed by atoms with E-state index in [1.165, 1.54) is 29.9 Å². The van der Waals surface area contributed by atoms with Crippen LogP contribution in [-0.2, 0) is 17.6 Å². The molecule has 1 aromatic heterocycles. The summed E-state index contributed by atoms with van der Waals surface area (Å²) in [6, 6.07) is 6.32. The molecule has 6 heteroatoms. The van der Waals surface area contributed by atoms with Crippen LogP contribution >= 0.6 is 23.1 Å². The van der Waals surface area contributed by atoms with Crippen LogP contribution in [0.3, 0.4) is 0 Å².